The third-order valence-electron chi connectivity index (χ3n) is 7.79. The molecule has 2 heteroatoms. The first-order valence-electron chi connectivity index (χ1n) is 12.7. The van der Waals surface area contributed by atoms with Crippen LogP contribution in [0.4, 0.5) is 8.78 Å². The van der Waals surface area contributed by atoms with Crippen LogP contribution in [0.1, 0.15) is 129 Å². The largest absolute Gasteiger partial charge is 0.266 e. The molecule has 0 saturated heterocycles. The van der Waals surface area contributed by atoms with E-state index in [1.807, 2.05) is 0 Å². The Morgan fingerprint density at radius 2 is 1.11 bits per heavy atom. The van der Waals surface area contributed by atoms with Crippen LogP contribution >= 0.6 is 0 Å². The maximum absolute atomic E-state index is 12.2. The highest BCUT2D eigenvalue weighted by atomic mass is 19.3. The van der Waals surface area contributed by atoms with E-state index >= 15 is 0 Å². The lowest BCUT2D eigenvalue weighted by atomic mass is 9.68. The molecule has 2 saturated carbocycles. The Hall–Kier alpha value is -0.400. The van der Waals surface area contributed by atoms with Gasteiger partial charge >= 0.3 is 0 Å². The van der Waals surface area contributed by atoms with E-state index in [-0.39, 0.29) is 0 Å². The maximum Gasteiger partial charge on any atom is 0.266 e. The molecule has 2 rings (SSSR count). The van der Waals surface area contributed by atoms with Gasteiger partial charge < -0.3 is 0 Å². The van der Waals surface area contributed by atoms with E-state index in [0.29, 0.717) is 12.3 Å². The Kier molecular flexibility index (Phi) is 12.4. The minimum atomic E-state index is -1.50. The number of allylic oxidation sites excluding steroid dienone is 1. The highest BCUT2D eigenvalue weighted by molar-refractivity contribution is 4.85. The van der Waals surface area contributed by atoms with Gasteiger partial charge in [-0.15, -0.1) is 0 Å². The molecule has 0 N–H and O–H groups in total. The van der Waals surface area contributed by atoms with Crippen LogP contribution in [0.3, 0.4) is 0 Å². The summed E-state index contributed by atoms with van der Waals surface area (Å²) in [4.78, 5) is 0. The molecule has 0 bridgehead atoms. The summed E-state index contributed by atoms with van der Waals surface area (Å²) in [5.74, 6) is 3.62. The van der Waals surface area contributed by atoms with Crippen molar-refractivity contribution in [2.75, 3.05) is 0 Å². The molecule has 0 atom stereocenters. The summed E-state index contributed by atoms with van der Waals surface area (Å²) in [7, 11) is 0. The van der Waals surface area contributed by atoms with Crippen molar-refractivity contribution in [3.8, 4) is 0 Å². The first-order valence-corrected chi connectivity index (χ1v) is 12.7. The minimum Gasteiger partial charge on any atom is -0.174 e. The molecule has 0 aliphatic heterocycles. The Balaban J connectivity index is 1.48. The highest BCUT2D eigenvalue weighted by Crippen LogP contribution is 2.43. The van der Waals surface area contributed by atoms with E-state index in [0.717, 1.165) is 30.3 Å². The quantitative estimate of drug-likeness (QED) is 0.272. The van der Waals surface area contributed by atoms with Gasteiger partial charge in [-0.25, -0.2) is 0 Å². The van der Waals surface area contributed by atoms with E-state index < -0.39 is 6.08 Å². The van der Waals surface area contributed by atoms with Crippen LogP contribution in [0, 0.1) is 23.7 Å². The zero-order valence-electron chi connectivity index (χ0n) is 18.6. The molecule has 0 aromatic carbocycles. The second kappa shape index (κ2) is 14.6. The molecular formula is C26H46F2. The molecule has 0 heterocycles. The van der Waals surface area contributed by atoms with Crippen LogP contribution in [0.2, 0.25) is 0 Å². The maximum atomic E-state index is 12.2. The fourth-order valence-electron chi connectivity index (χ4n) is 5.89. The second-order valence-electron chi connectivity index (χ2n) is 9.90. The molecule has 0 unspecified atom stereocenters. The average Bonchev–Trinajstić information content (AvgIpc) is 2.71. The van der Waals surface area contributed by atoms with E-state index in [9.17, 15) is 8.78 Å². The number of rotatable bonds is 13. The van der Waals surface area contributed by atoms with Crippen molar-refractivity contribution in [1.82, 2.24) is 0 Å². The van der Waals surface area contributed by atoms with E-state index in [1.165, 1.54) is 109 Å². The number of hydrogen-bond acceptors (Lipinski definition) is 0. The Labute approximate surface area is 173 Å². The fraction of sp³-hybridized carbons (Fsp3) is 0.923. The molecule has 0 radical (unpaired) electrons. The average molecular weight is 397 g/mol. The van der Waals surface area contributed by atoms with Crippen molar-refractivity contribution in [3.63, 3.8) is 0 Å². The van der Waals surface area contributed by atoms with Crippen LogP contribution in [0.15, 0.2) is 12.2 Å². The van der Waals surface area contributed by atoms with Gasteiger partial charge in [0.15, 0.2) is 0 Å². The van der Waals surface area contributed by atoms with Crippen LogP contribution in [-0.4, -0.2) is 0 Å². The molecule has 0 nitrogen and oxygen atoms in total. The molecule has 2 aliphatic rings. The molecule has 2 fully saturated rings. The molecule has 0 spiro atoms. The van der Waals surface area contributed by atoms with E-state index in [1.54, 1.807) is 0 Å². The zero-order chi connectivity index (χ0) is 20.0. The standard InChI is InChI=1S/C26H46F2/c1-2-3-4-5-6-7-8-9-11-22-14-18-24(19-15-22)25-20-16-23(17-21-25)12-10-13-26(27)28/h13,22-25H,2-12,14-21H2,1H3/t22-,23?,24-,25?. The number of halogens is 2. The van der Waals surface area contributed by atoms with Crippen LogP contribution in [0.25, 0.3) is 0 Å². The van der Waals surface area contributed by atoms with Crippen LogP contribution < -0.4 is 0 Å². The second-order valence-corrected chi connectivity index (χ2v) is 9.90. The zero-order valence-corrected chi connectivity index (χ0v) is 18.6. The van der Waals surface area contributed by atoms with Crippen molar-refractivity contribution in [2.24, 2.45) is 23.7 Å². The van der Waals surface area contributed by atoms with Gasteiger partial charge in [0, 0.05) is 0 Å². The fourth-order valence-corrected chi connectivity index (χ4v) is 5.89. The van der Waals surface area contributed by atoms with Crippen molar-refractivity contribution >= 4 is 0 Å². The van der Waals surface area contributed by atoms with Crippen molar-refractivity contribution in [1.29, 1.82) is 0 Å². The highest BCUT2D eigenvalue weighted by Gasteiger charge is 2.30. The third-order valence-corrected chi connectivity index (χ3v) is 7.79. The molecule has 2 aliphatic carbocycles. The molecule has 28 heavy (non-hydrogen) atoms. The van der Waals surface area contributed by atoms with Gasteiger partial charge in [0.05, 0.1) is 0 Å². The van der Waals surface area contributed by atoms with Gasteiger partial charge in [-0.05, 0) is 68.3 Å². The molecule has 0 aromatic rings. The van der Waals surface area contributed by atoms with Gasteiger partial charge in [0.2, 0.25) is 0 Å². The topological polar surface area (TPSA) is 0 Å². The summed E-state index contributed by atoms with van der Waals surface area (Å²) < 4.78 is 24.3. The summed E-state index contributed by atoms with van der Waals surface area (Å²) in [5.41, 5.74) is 0. The molecular weight excluding hydrogens is 350 g/mol. The van der Waals surface area contributed by atoms with Crippen molar-refractivity contribution < 1.29 is 8.78 Å². The van der Waals surface area contributed by atoms with E-state index in [2.05, 4.69) is 6.92 Å². The summed E-state index contributed by atoms with van der Waals surface area (Å²) in [5, 5.41) is 0. The van der Waals surface area contributed by atoms with Gasteiger partial charge in [-0.1, -0.05) is 90.4 Å². The Morgan fingerprint density at radius 1 is 0.643 bits per heavy atom. The Bertz CT molecular complexity index is 397. The molecule has 0 amide bonds. The van der Waals surface area contributed by atoms with E-state index in [4.69, 9.17) is 0 Å². The van der Waals surface area contributed by atoms with Crippen LogP contribution in [-0.2, 0) is 0 Å². The van der Waals surface area contributed by atoms with Crippen molar-refractivity contribution in [3.05, 3.63) is 12.2 Å². The number of hydrogen-bond donors (Lipinski definition) is 0. The first kappa shape index (κ1) is 23.9. The summed E-state index contributed by atoms with van der Waals surface area (Å²) in [6.07, 6.45) is 25.3. The third kappa shape index (κ3) is 9.88. The summed E-state index contributed by atoms with van der Waals surface area (Å²) in [6.45, 7) is 2.29. The van der Waals surface area contributed by atoms with Gasteiger partial charge in [-0.3, -0.25) is 0 Å². The van der Waals surface area contributed by atoms with Crippen LogP contribution in [0.5, 0.6) is 0 Å². The lowest BCUT2D eigenvalue weighted by Gasteiger charge is -2.38. The lowest BCUT2D eigenvalue weighted by molar-refractivity contribution is 0.140. The van der Waals surface area contributed by atoms with Gasteiger partial charge in [0.25, 0.3) is 6.08 Å². The summed E-state index contributed by atoms with van der Waals surface area (Å²) >= 11 is 0. The smallest absolute Gasteiger partial charge is 0.174 e. The number of unbranched alkanes of at least 4 members (excludes halogenated alkanes) is 7. The molecule has 164 valence electrons. The van der Waals surface area contributed by atoms with Crippen molar-refractivity contribution in [2.45, 2.75) is 129 Å². The Morgan fingerprint density at radius 3 is 1.61 bits per heavy atom. The van der Waals surface area contributed by atoms with Gasteiger partial charge in [-0.2, -0.15) is 8.78 Å². The monoisotopic (exact) mass is 396 g/mol. The lowest BCUT2D eigenvalue weighted by Crippen LogP contribution is -2.25. The summed E-state index contributed by atoms with van der Waals surface area (Å²) in [6, 6.07) is 0. The molecule has 0 aromatic heterocycles. The normalized spacial score (nSPS) is 28.2. The predicted octanol–water partition coefficient (Wildman–Crippen LogP) is 9.69. The SMILES string of the molecule is CCCCCCCCCC[C@H]1CC[C@H](C2CCC(CCC=C(F)F)CC2)CC1. The van der Waals surface area contributed by atoms with Gasteiger partial charge in [0.1, 0.15) is 0 Å². The minimum absolute atomic E-state index is 0.571. The predicted molar refractivity (Wildman–Crippen MR) is 118 cm³/mol. The first-order chi connectivity index (χ1) is 13.7.